The number of likely N-dealkylation sites (tertiary alicyclic amines) is 1. The second-order valence-electron chi connectivity index (χ2n) is 5.84. The van der Waals surface area contributed by atoms with E-state index in [2.05, 4.69) is 11.5 Å². The van der Waals surface area contributed by atoms with Crippen molar-refractivity contribution < 1.29 is 14.3 Å². The van der Waals surface area contributed by atoms with E-state index in [4.69, 9.17) is 9.47 Å². The molecule has 1 heterocycles. The minimum absolute atomic E-state index is 0.135. The molecule has 1 saturated heterocycles. The monoisotopic (exact) mass is 255 g/mol. The van der Waals surface area contributed by atoms with Gasteiger partial charge in [0.15, 0.2) is 5.88 Å². The van der Waals surface area contributed by atoms with Crippen LogP contribution < -0.4 is 0 Å². The van der Waals surface area contributed by atoms with Crippen LogP contribution in [0.25, 0.3) is 0 Å². The van der Waals surface area contributed by atoms with E-state index in [1.807, 2.05) is 20.8 Å². The fraction of sp³-hybridized carbons (Fsp3) is 0.786. The van der Waals surface area contributed by atoms with Crippen molar-refractivity contribution in [3.63, 3.8) is 0 Å². The van der Waals surface area contributed by atoms with Gasteiger partial charge in [0.05, 0.1) is 7.11 Å². The number of carbonyl (C=O) groups excluding carboxylic acids is 1. The van der Waals surface area contributed by atoms with Gasteiger partial charge in [-0.25, -0.2) is 0 Å². The molecule has 0 N–H and O–H groups in total. The summed E-state index contributed by atoms with van der Waals surface area (Å²) in [6, 6.07) is 0. The maximum absolute atomic E-state index is 11.3. The van der Waals surface area contributed by atoms with Gasteiger partial charge < -0.3 is 14.4 Å². The molecule has 4 nitrogen and oxygen atoms in total. The number of carbonyl (C=O) groups is 1. The van der Waals surface area contributed by atoms with E-state index in [1.54, 1.807) is 0 Å². The van der Waals surface area contributed by atoms with Crippen molar-refractivity contribution in [2.45, 2.75) is 45.6 Å². The maximum atomic E-state index is 11.3. The minimum atomic E-state index is -0.230. The molecule has 0 aromatic heterocycles. The van der Waals surface area contributed by atoms with E-state index >= 15 is 0 Å². The Morgan fingerprint density at radius 1 is 1.44 bits per heavy atom. The lowest BCUT2D eigenvalue weighted by molar-refractivity contribution is -0.142. The Balaban J connectivity index is 2.48. The summed E-state index contributed by atoms with van der Waals surface area (Å²) in [6.45, 7) is 11.8. The summed E-state index contributed by atoms with van der Waals surface area (Å²) in [4.78, 5) is 13.4. The molecule has 1 fully saturated rings. The van der Waals surface area contributed by atoms with Crippen molar-refractivity contribution in [2.75, 3.05) is 20.2 Å². The lowest BCUT2D eigenvalue weighted by atomic mass is 9.95. The summed E-state index contributed by atoms with van der Waals surface area (Å²) in [5, 5.41) is 0. The Bertz CT molecular complexity index is 307. The summed E-state index contributed by atoms with van der Waals surface area (Å²) in [6.07, 6.45) is 2.61. The summed E-state index contributed by atoms with van der Waals surface area (Å²) in [7, 11) is 1.44. The van der Waals surface area contributed by atoms with Gasteiger partial charge in [-0.15, -0.1) is 0 Å². The number of hydrogen-bond acceptors (Lipinski definition) is 4. The average molecular weight is 255 g/mol. The second kappa shape index (κ2) is 6.12. The van der Waals surface area contributed by atoms with E-state index in [-0.39, 0.29) is 11.6 Å². The Kier molecular flexibility index (Phi) is 5.05. The van der Waals surface area contributed by atoms with Crippen molar-refractivity contribution in [1.82, 2.24) is 4.90 Å². The quantitative estimate of drug-likeness (QED) is 0.571. The third-order valence-corrected chi connectivity index (χ3v) is 2.98. The minimum Gasteiger partial charge on any atom is -0.474 e. The predicted octanol–water partition coefficient (Wildman–Crippen LogP) is 2.55. The summed E-state index contributed by atoms with van der Waals surface area (Å²) in [5.74, 6) is 0.910. The molecular weight excluding hydrogens is 230 g/mol. The fourth-order valence-electron chi connectivity index (χ4n) is 2.20. The lowest BCUT2D eigenvalue weighted by Gasteiger charge is -2.37. The van der Waals surface area contributed by atoms with Crippen LogP contribution in [0.15, 0.2) is 12.5 Å². The number of esters is 1. The largest absolute Gasteiger partial charge is 0.474 e. The zero-order chi connectivity index (χ0) is 13.8. The fourth-order valence-corrected chi connectivity index (χ4v) is 2.20. The van der Waals surface area contributed by atoms with Crippen LogP contribution in [0.5, 0.6) is 0 Å². The highest BCUT2D eigenvalue weighted by atomic mass is 16.5. The van der Waals surface area contributed by atoms with Crippen LogP contribution in [0.3, 0.4) is 0 Å². The molecular formula is C14H25NO3. The molecule has 0 spiro atoms. The van der Waals surface area contributed by atoms with Gasteiger partial charge in [0, 0.05) is 19.5 Å². The Hall–Kier alpha value is -1.19. The Labute approximate surface area is 110 Å². The van der Waals surface area contributed by atoms with Crippen LogP contribution in [0.1, 0.15) is 40.0 Å². The zero-order valence-corrected chi connectivity index (χ0v) is 12.0. The number of methoxy groups -OCH3 is 1. The maximum Gasteiger partial charge on any atom is 0.305 e. The van der Waals surface area contributed by atoms with Gasteiger partial charge in [-0.2, -0.15) is 0 Å². The average Bonchev–Trinajstić information content (AvgIpc) is 2.27. The Morgan fingerprint density at radius 2 is 2.11 bits per heavy atom. The van der Waals surface area contributed by atoms with Gasteiger partial charge in [0.1, 0.15) is 5.60 Å². The van der Waals surface area contributed by atoms with E-state index < -0.39 is 0 Å². The third-order valence-electron chi connectivity index (χ3n) is 2.98. The van der Waals surface area contributed by atoms with Gasteiger partial charge in [-0.05, 0) is 46.1 Å². The lowest BCUT2D eigenvalue weighted by Crippen LogP contribution is -2.38. The molecule has 1 atom stereocenters. The van der Waals surface area contributed by atoms with Crippen LogP contribution in [-0.2, 0) is 14.3 Å². The van der Waals surface area contributed by atoms with Crippen molar-refractivity contribution in [2.24, 2.45) is 5.92 Å². The summed E-state index contributed by atoms with van der Waals surface area (Å²) < 4.78 is 10.5. The highest BCUT2D eigenvalue weighted by molar-refractivity contribution is 5.69. The smallest absolute Gasteiger partial charge is 0.305 e. The molecule has 1 rings (SSSR count). The number of ether oxygens (including phenoxy) is 2. The number of piperidine rings is 1. The number of nitrogens with zero attached hydrogens (tertiary/aromatic N) is 1. The molecule has 4 heteroatoms. The van der Waals surface area contributed by atoms with Gasteiger partial charge in [-0.1, -0.05) is 0 Å². The molecule has 0 aromatic carbocycles. The van der Waals surface area contributed by atoms with E-state index in [0.717, 1.165) is 25.9 Å². The van der Waals surface area contributed by atoms with Crippen molar-refractivity contribution in [3.8, 4) is 0 Å². The third kappa shape index (κ3) is 4.98. The summed E-state index contributed by atoms with van der Waals surface area (Å²) >= 11 is 0. The van der Waals surface area contributed by atoms with Gasteiger partial charge in [0.25, 0.3) is 0 Å². The van der Waals surface area contributed by atoms with E-state index in [1.165, 1.54) is 7.11 Å². The van der Waals surface area contributed by atoms with Crippen molar-refractivity contribution in [1.29, 1.82) is 0 Å². The molecule has 0 radical (unpaired) electrons. The Morgan fingerprint density at radius 3 is 2.67 bits per heavy atom. The first-order chi connectivity index (χ1) is 8.31. The van der Waals surface area contributed by atoms with E-state index in [9.17, 15) is 4.79 Å². The molecule has 0 aliphatic carbocycles. The van der Waals surface area contributed by atoms with Gasteiger partial charge in [-0.3, -0.25) is 4.79 Å². The van der Waals surface area contributed by atoms with Crippen LogP contribution in [-0.4, -0.2) is 36.7 Å². The van der Waals surface area contributed by atoms with E-state index in [0.29, 0.717) is 18.2 Å². The molecule has 0 aromatic rings. The topological polar surface area (TPSA) is 38.8 Å². The predicted molar refractivity (Wildman–Crippen MR) is 70.9 cm³/mol. The van der Waals surface area contributed by atoms with Crippen molar-refractivity contribution >= 4 is 5.97 Å². The van der Waals surface area contributed by atoms with Crippen LogP contribution in [0, 0.1) is 5.92 Å². The molecule has 1 aliphatic heterocycles. The molecule has 0 saturated carbocycles. The number of rotatable bonds is 4. The molecule has 0 amide bonds. The van der Waals surface area contributed by atoms with Crippen molar-refractivity contribution in [3.05, 3.63) is 12.5 Å². The second-order valence-corrected chi connectivity index (χ2v) is 5.84. The molecule has 1 aliphatic rings. The summed E-state index contributed by atoms with van der Waals surface area (Å²) in [5.41, 5.74) is -0.230. The molecule has 104 valence electrons. The standard InChI is InChI=1S/C14H25NO3/c1-11(18-14(2,3)4)15-8-6-7-12(10-15)9-13(16)17-5/h12H,1,6-10H2,2-5H3. The first kappa shape index (κ1) is 14.9. The normalized spacial score (nSPS) is 20.4. The first-order valence-corrected chi connectivity index (χ1v) is 6.51. The highest BCUT2D eigenvalue weighted by Crippen LogP contribution is 2.24. The van der Waals surface area contributed by atoms with Crippen LogP contribution in [0.2, 0.25) is 0 Å². The SMILES string of the molecule is C=C(OC(C)(C)C)N1CCCC(CC(=O)OC)C1. The first-order valence-electron chi connectivity index (χ1n) is 6.51. The zero-order valence-electron chi connectivity index (χ0n) is 12.0. The molecule has 1 unspecified atom stereocenters. The van der Waals surface area contributed by atoms with Crippen LogP contribution in [0.4, 0.5) is 0 Å². The van der Waals surface area contributed by atoms with Gasteiger partial charge in [0.2, 0.25) is 0 Å². The van der Waals surface area contributed by atoms with Crippen LogP contribution >= 0.6 is 0 Å². The molecule has 0 bridgehead atoms. The number of hydrogen-bond donors (Lipinski definition) is 0. The van der Waals surface area contributed by atoms with Gasteiger partial charge >= 0.3 is 5.97 Å². The molecule has 18 heavy (non-hydrogen) atoms. The highest BCUT2D eigenvalue weighted by Gasteiger charge is 2.25.